The maximum Gasteiger partial charge on any atom is 0.240 e. The predicted octanol–water partition coefficient (Wildman–Crippen LogP) is 2.04. The highest BCUT2D eigenvalue weighted by Crippen LogP contribution is 2.27. The summed E-state index contributed by atoms with van der Waals surface area (Å²) in [5.74, 6) is -0.625. The third kappa shape index (κ3) is 3.80. The van der Waals surface area contributed by atoms with Crippen LogP contribution in [-0.2, 0) is 14.8 Å². The minimum Gasteiger partial charge on any atom is -0.273 e. The second-order valence-corrected chi connectivity index (χ2v) is 6.94. The zero-order valence-electron chi connectivity index (χ0n) is 11.0. The molecule has 1 aliphatic carbocycles. The van der Waals surface area contributed by atoms with Crippen LogP contribution in [0.15, 0.2) is 30.3 Å². The average Bonchev–Trinajstić information content (AvgIpc) is 2.34. The molecule has 104 valence electrons. The Kier molecular flexibility index (Phi) is 4.24. The van der Waals surface area contributed by atoms with Crippen molar-refractivity contribution < 1.29 is 13.2 Å². The molecule has 0 aliphatic heterocycles. The molecule has 1 aromatic rings. The Morgan fingerprint density at radius 3 is 2.47 bits per heavy atom. The molecule has 1 fully saturated rings. The molecule has 0 radical (unpaired) electrons. The van der Waals surface area contributed by atoms with E-state index < -0.39 is 21.8 Å². The van der Waals surface area contributed by atoms with Gasteiger partial charge in [-0.2, -0.15) is 0 Å². The SMILES string of the molecule is CC(C(=O)NS(=O)(=O)CC1CCC1)c1ccccc1. The molecule has 1 aliphatic rings. The van der Waals surface area contributed by atoms with Gasteiger partial charge in [-0.15, -0.1) is 0 Å². The van der Waals surface area contributed by atoms with Gasteiger partial charge in [0, 0.05) is 0 Å². The van der Waals surface area contributed by atoms with Crippen LogP contribution in [0.1, 0.15) is 37.7 Å². The Morgan fingerprint density at radius 2 is 1.95 bits per heavy atom. The molecule has 0 heterocycles. The average molecular weight is 281 g/mol. The summed E-state index contributed by atoms with van der Waals surface area (Å²) >= 11 is 0. The summed E-state index contributed by atoms with van der Waals surface area (Å²) in [6.45, 7) is 1.71. The third-order valence-electron chi connectivity index (χ3n) is 3.63. The number of rotatable bonds is 5. The quantitative estimate of drug-likeness (QED) is 0.898. The van der Waals surface area contributed by atoms with E-state index in [1.54, 1.807) is 6.92 Å². The maximum atomic E-state index is 12.0. The second-order valence-electron chi connectivity index (χ2n) is 5.18. The van der Waals surface area contributed by atoms with Crippen LogP contribution in [-0.4, -0.2) is 20.1 Å². The van der Waals surface area contributed by atoms with Crippen molar-refractivity contribution in [3.05, 3.63) is 35.9 Å². The van der Waals surface area contributed by atoms with Gasteiger partial charge in [0.25, 0.3) is 0 Å². The fourth-order valence-electron chi connectivity index (χ4n) is 2.15. The molecule has 5 heteroatoms. The molecule has 19 heavy (non-hydrogen) atoms. The van der Waals surface area contributed by atoms with E-state index in [0.717, 1.165) is 24.8 Å². The van der Waals surface area contributed by atoms with E-state index in [1.165, 1.54) is 0 Å². The van der Waals surface area contributed by atoms with Crippen LogP contribution in [0.3, 0.4) is 0 Å². The van der Waals surface area contributed by atoms with E-state index >= 15 is 0 Å². The van der Waals surface area contributed by atoms with Gasteiger partial charge in [0.15, 0.2) is 0 Å². The van der Waals surface area contributed by atoms with E-state index in [2.05, 4.69) is 4.72 Å². The number of nitrogens with one attached hydrogen (secondary N) is 1. The van der Waals surface area contributed by atoms with Gasteiger partial charge in [-0.3, -0.25) is 9.52 Å². The van der Waals surface area contributed by atoms with Crippen molar-refractivity contribution in [2.45, 2.75) is 32.1 Å². The Hall–Kier alpha value is -1.36. The number of benzene rings is 1. The molecule has 0 spiro atoms. The topological polar surface area (TPSA) is 63.2 Å². The number of hydrogen-bond acceptors (Lipinski definition) is 3. The van der Waals surface area contributed by atoms with Gasteiger partial charge in [0.05, 0.1) is 11.7 Å². The van der Waals surface area contributed by atoms with Crippen LogP contribution in [0.25, 0.3) is 0 Å². The first-order valence-corrected chi connectivity index (χ1v) is 8.22. The molecule has 1 amide bonds. The van der Waals surface area contributed by atoms with E-state index in [-0.39, 0.29) is 11.7 Å². The monoisotopic (exact) mass is 281 g/mol. The van der Waals surface area contributed by atoms with E-state index in [4.69, 9.17) is 0 Å². The molecule has 0 saturated heterocycles. The molecular weight excluding hydrogens is 262 g/mol. The summed E-state index contributed by atoms with van der Waals surface area (Å²) in [7, 11) is -3.49. The summed E-state index contributed by atoms with van der Waals surface area (Å²) in [5.41, 5.74) is 0.818. The Bertz CT molecular complexity index is 535. The van der Waals surface area contributed by atoms with Crippen LogP contribution in [0.2, 0.25) is 0 Å². The highest BCUT2D eigenvalue weighted by Gasteiger charge is 2.27. The normalized spacial score (nSPS) is 17.5. The highest BCUT2D eigenvalue weighted by atomic mass is 32.2. The van der Waals surface area contributed by atoms with E-state index in [1.807, 2.05) is 30.3 Å². The number of carbonyl (C=O) groups is 1. The summed E-state index contributed by atoms with van der Waals surface area (Å²) in [6.07, 6.45) is 2.99. The largest absolute Gasteiger partial charge is 0.273 e. The molecule has 0 bridgehead atoms. The fourth-order valence-corrected chi connectivity index (χ4v) is 3.67. The van der Waals surface area contributed by atoms with Gasteiger partial charge in [-0.1, -0.05) is 36.8 Å². The Labute approximate surface area is 114 Å². The summed E-state index contributed by atoms with van der Waals surface area (Å²) < 4.78 is 25.9. The number of amides is 1. The maximum absolute atomic E-state index is 12.0. The van der Waals surface area contributed by atoms with Crippen molar-refractivity contribution >= 4 is 15.9 Å². The Balaban J connectivity index is 1.96. The van der Waals surface area contributed by atoms with E-state index in [9.17, 15) is 13.2 Å². The summed E-state index contributed by atoms with van der Waals surface area (Å²) in [4.78, 5) is 12.0. The van der Waals surface area contributed by atoms with Crippen molar-refractivity contribution in [2.75, 3.05) is 5.75 Å². The minimum absolute atomic E-state index is 0.0697. The van der Waals surface area contributed by atoms with Crippen molar-refractivity contribution in [3.8, 4) is 0 Å². The lowest BCUT2D eigenvalue weighted by molar-refractivity contribution is -0.120. The van der Waals surface area contributed by atoms with Crippen LogP contribution in [0.5, 0.6) is 0 Å². The molecule has 1 N–H and O–H groups in total. The summed E-state index contributed by atoms with van der Waals surface area (Å²) in [6, 6.07) is 9.18. The van der Waals surface area contributed by atoms with Crippen molar-refractivity contribution in [2.24, 2.45) is 5.92 Å². The number of hydrogen-bond donors (Lipinski definition) is 1. The van der Waals surface area contributed by atoms with Crippen LogP contribution < -0.4 is 4.72 Å². The Morgan fingerprint density at radius 1 is 1.32 bits per heavy atom. The zero-order valence-corrected chi connectivity index (χ0v) is 11.8. The van der Waals surface area contributed by atoms with Gasteiger partial charge < -0.3 is 0 Å². The van der Waals surface area contributed by atoms with Crippen molar-refractivity contribution in [1.29, 1.82) is 0 Å². The van der Waals surface area contributed by atoms with Crippen LogP contribution in [0.4, 0.5) is 0 Å². The lowest BCUT2D eigenvalue weighted by Gasteiger charge is -2.25. The molecule has 1 unspecified atom stereocenters. The predicted molar refractivity (Wildman–Crippen MR) is 74.1 cm³/mol. The third-order valence-corrected chi connectivity index (χ3v) is 5.05. The first kappa shape index (κ1) is 14.1. The standard InChI is InChI=1S/C14H19NO3S/c1-11(13-8-3-2-4-9-13)14(16)15-19(17,18)10-12-6-5-7-12/h2-4,8-9,11-12H,5-7,10H2,1H3,(H,15,16). The lowest BCUT2D eigenvalue weighted by atomic mass is 9.87. The molecule has 2 rings (SSSR count). The zero-order chi connectivity index (χ0) is 13.9. The van der Waals surface area contributed by atoms with Gasteiger partial charge in [0.1, 0.15) is 0 Å². The fraction of sp³-hybridized carbons (Fsp3) is 0.500. The van der Waals surface area contributed by atoms with Crippen LogP contribution in [0, 0.1) is 5.92 Å². The molecule has 1 saturated carbocycles. The van der Waals surface area contributed by atoms with Crippen molar-refractivity contribution in [1.82, 2.24) is 4.72 Å². The molecule has 1 atom stereocenters. The number of sulfonamides is 1. The van der Waals surface area contributed by atoms with Gasteiger partial charge in [-0.25, -0.2) is 8.42 Å². The summed E-state index contributed by atoms with van der Waals surface area (Å²) in [5, 5.41) is 0. The molecule has 4 nitrogen and oxygen atoms in total. The molecular formula is C14H19NO3S. The van der Waals surface area contributed by atoms with Crippen molar-refractivity contribution in [3.63, 3.8) is 0 Å². The van der Waals surface area contributed by atoms with Gasteiger partial charge in [-0.05, 0) is 31.2 Å². The smallest absolute Gasteiger partial charge is 0.240 e. The first-order chi connectivity index (χ1) is 8.98. The molecule has 0 aromatic heterocycles. The van der Waals surface area contributed by atoms with E-state index in [0.29, 0.717) is 0 Å². The minimum atomic E-state index is -3.49. The second kappa shape index (κ2) is 5.74. The van der Waals surface area contributed by atoms with Crippen LogP contribution >= 0.6 is 0 Å². The molecule has 1 aromatic carbocycles. The van der Waals surface area contributed by atoms with Gasteiger partial charge in [0.2, 0.25) is 15.9 Å². The highest BCUT2D eigenvalue weighted by molar-refractivity contribution is 7.90. The van der Waals surface area contributed by atoms with Gasteiger partial charge >= 0.3 is 0 Å². The lowest BCUT2D eigenvalue weighted by Crippen LogP contribution is -2.38. The first-order valence-electron chi connectivity index (χ1n) is 6.57. The number of carbonyl (C=O) groups excluding carboxylic acids is 1.